The first kappa shape index (κ1) is 18.8. The van der Waals surface area contributed by atoms with E-state index in [1.807, 2.05) is 6.07 Å². The van der Waals surface area contributed by atoms with Gasteiger partial charge in [0.15, 0.2) is 11.6 Å². The highest BCUT2D eigenvalue weighted by Crippen LogP contribution is 2.34. The van der Waals surface area contributed by atoms with Crippen LogP contribution in [0.3, 0.4) is 0 Å². The zero-order chi connectivity index (χ0) is 19.8. The number of likely N-dealkylation sites (tertiary alicyclic amines) is 1. The Kier molecular flexibility index (Phi) is 5.02. The maximum absolute atomic E-state index is 14.1. The van der Waals surface area contributed by atoms with Gasteiger partial charge in [0.05, 0.1) is 4.88 Å². The second kappa shape index (κ2) is 7.47. The van der Waals surface area contributed by atoms with E-state index in [1.54, 1.807) is 17.9 Å². The topological polar surface area (TPSA) is 29.5 Å². The Morgan fingerprint density at radius 2 is 1.86 bits per heavy atom. The van der Waals surface area contributed by atoms with Gasteiger partial charge in [-0.15, -0.1) is 11.3 Å². The number of thiophene rings is 1. The predicted molar refractivity (Wildman–Crippen MR) is 102 cm³/mol. The van der Waals surface area contributed by atoms with E-state index in [4.69, 9.17) is 4.74 Å². The van der Waals surface area contributed by atoms with E-state index < -0.39 is 11.6 Å². The van der Waals surface area contributed by atoms with Gasteiger partial charge in [-0.05, 0) is 36.8 Å². The third-order valence-corrected chi connectivity index (χ3v) is 6.26. The number of amides is 1. The Morgan fingerprint density at radius 1 is 1.11 bits per heavy atom. The van der Waals surface area contributed by atoms with Gasteiger partial charge >= 0.3 is 0 Å². The first-order chi connectivity index (χ1) is 13.4. The SMILES string of the molecule is Cc1c(C(=O)N2CCC(Oc3ccc(F)cc3F)CC2)sc2cccc(F)c12. The van der Waals surface area contributed by atoms with Crippen molar-refractivity contribution in [2.45, 2.75) is 25.9 Å². The quantitative estimate of drug-likeness (QED) is 0.591. The van der Waals surface area contributed by atoms with Crippen LogP contribution in [0.15, 0.2) is 36.4 Å². The third kappa shape index (κ3) is 3.46. The number of hydrogen-bond donors (Lipinski definition) is 0. The molecule has 2 aromatic carbocycles. The molecule has 0 aliphatic carbocycles. The van der Waals surface area contributed by atoms with Crippen LogP contribution < -0.4 is 4.74 Å². The number of nitrogens with zero attached hydrogens (tertiary/aromatic N) is 1. The summed E-state index contributed by atoms with van der Waals surface area (Å²) in [6.45, 7) is 2.69. The average Bonchev–Trinajstić information content (AvgIpc) is 3.02. The summed E-state index contributed by atoms with van der Waals surface area (Å²) in [6, 6.07) is 8.06. The van der Waals surface area contributed by atoms with Crippen LogP contribution in [0.4, 0.5) is 13.2 Å². The van der Waals surface area contributed by atoms with E-state index in [0.717, 1.165) is 16.8 Å². The molecule has 0 bridgehead atoms. The molecule has 1 fully saturated rings. The minimum absolute atomic E-state index is 0.0157. The number of rotatable bonds is 3. The van der Waals surface area contributed by atoms with Crippen molar-refractivity contribution >= 4 is 27.3 Å². The highest BCUT2D eigenvalue weighted by Gasteiger charge is 2.28. The summed E-state index contributed by atoms with van der Waals surface area (Å²) in [5.41, 5.74) is 0.662. The van der Waals surface area contributed by atoms with Crippen molar-refractivity contribution in [2.75, 3.05) is 13.1 Å². The van der Waals surface area contributed by atoms with Crippen molar-refractivity contribution in [1.82, 2.24) is 4.90 Å². The number of aryl methyl sites for hydroxylation is 1. The van der Waals surface area contributed by atoms with Gasteiger partial charge < -0.3 is 9.64 Å². The van der Waals surface area contributed by atoms with Crippen LogP contribution in [0, 0.1) is 24.4 Å². The van der Waals surface area contributed by atoms with Crippen molar-refractivity contribution in [2.24, 2.45) is 0 Å². The molecule has 1 aliphatic rings. The van der Waals surface area contributed by atoms with Crippen LogP contribution in [-0.2, 0) is 0 Å². The van der Waals surface area contributed by atoms with Gasteiger partial charge in [0.25, 0.3) is 5.91 Å². The van der Waals surface area contributed by atoms with Crippen molar-refractivity contribution < 1.29 is 22.7 Å². The molecule has 1 amide bonds. The number of hydrogen-bond acceptors (Lipinski definition) is 3. The van der Waals surface area contributed by atoms with Gasteiger partial charge in [0.1, 0.15) is 17.7 Å². The Morgan fingerprint density at radius 3 is 2.54 bits per heavy atom. The van der Waals surface area contributed by atoms with E-state index in [9.17, 15) is 18.0 Å². The van der Waals surface area contributed by atoms with Crippen LogP contribution in [0.5, 0.6) is 5.75 Å². The maximum Gasteiger partial charge on any atom is 0.264 e. The summed E-state index contributed by atoms with van der Waals surface area (Å²) in [4.78, 5) is 15.2. The number of carbonyl (C=O) groups excluding carboxylic acids is 1. The highest BCUT2D eigenvalue weighted by atomic mass is 32.1. The normalized spacial score (nSPS) is 15.2. The first-order valence-electron chi connectivity index (χ1n) is 9.02. The second-order valence-electron chi connectivity index (χ2n) is 6.85. The van der Waals surface area contributed by atoms with E-state index in [-0.39, 0.29) is 23.6 Å². The van der Waals surface area contributed by atoms with E-state index in [1.165, 1.54) is 23.5 Å². The van der Waals surface area contributed by atoms with Gasteiger partial charge in [-0.2, -0.15) is 0 Å². The predicted octanol–water partition coefficient (Wildman–Crippen LogP) is 5.31. The lowest BCUT2D eigenvalue weighted by molar-refractivity contribution is 0.0592. The Labute approximate surface area is 164 Å². The maximum atomic E-state index is 14.1. The van der Waals surface area contributed by atoms with Crippen LogP contribution in [0.25, 0.3) is 10.1 Å². The summed E-state index contributed by atoms with van der Waals surface area (Å²) >= 11 is 1.30. The monoisotopic (exact) mass is 405 g/mol. The van der Waals surface area contributed by atoms with Crippen LogP contribution in [0.2, 0.25) is 0 Å². The summed E-state index contributed by atoms with van der Waals surface area (Å²) in [5, 5.41) is 0.501. The molecule has 3 aromatic rings. The summed E-state index contributed by atoms with van der Waals surface area (Å²) < 4.78 is 47.2. The number of piperidine rings is 1. The smallest absolute Gasteiger partial charge is 0.264 e. The summed E-state index contributed by atoms with van der Waals surface area (Å²) in [7, 11) is 0. The molecule has 0 saturated carbocycles. The molecule has 0 N–H and O–H groups in total. The van der Waals surface area contributed by atoms with Crippen LogP contribution in [0.1, 0.15) is 28.1 Å². The molecular weight excluding hydrogens is 387 g/mol. The van der Waals surface area contributed by atoms with Gasteiger partial charge in [0.2, 0.25) is 0 Å². The largest absolute Gasteiger partial charge is 0.487 e. The van der Waals surface area contributed by atoms with Crippen molar-refractivity contribution in [3.8, 4) is 5.75 Å². The molecule has 0 unspecified atom stereocenters. The fraction of sp³-hybridized carbons (Fsp3) is 0.286. The average molecular weight is 405 g/mol. The zero-order valence-electron chi connectivity index (χ0n) is 15.2. The molecule has 1 aliphatic heterocycles. The van der Waals surface area contributed by atoms with Gasteiger partial charge in [-0.3, -0.25) is 4.79 Å². The number of carbonyl (C=O) groups is 1. The fourth-order valence-electron chi connectivity index (χ4n) is 3.53. The van der Waals surface area contributed by atoms with E-state index in [0.29, 0.717) is 41.8 Å². The molecule has 3 nitrogen and oxygen atoms in total. The Balaban J connectivity index is 1.44. The molecular formula is C21H18F3NO2S. The van der Waals surface area contributed by atoms with Crippen LogP contribution in [-0.4, -0.2) is 30.0 Å². The molecule has 0 spiro atoms. The van der Waals surface area contributed by atoms with E-state index in [2.05, 4.69) is 0 Å². The number of fused-ring (bicyclic) bond motifs is 1. The van der Waals surface area contributed by atoms with Crippen molar-refractivity contribution in [3.63, 3.8) is 0 Å². The zero-order valence-corrected chi connectivity index (χ0v) is 16.0. The first-order valence-corrected chi connectivity index (χ1v) is 9.84. The van der Waals surface area contributed by atoms with Gasteiger partial charge in [0, 0.05) is 42.1 Å². The lowest BCUT2D eigenvalue weighted by Gasteiger charge is -2.32. The third-order valence-electron chi connectivity index (χ3n) is 5.01. The fourth-order valence-corrected chi connectivity index (χ4v) is 4.72. The molecule has 146 valence electrons. The summed E-state index contributed by atoms with van der Waals surface area (Å²) in [5.74, 6) is -1.81. The molecule has 4 rings (SSSR count). The number of halogens is 3. The Bertz CT molecular complexity index is 1040. The molecule has 0 radical (unpaired) electrons. The van der Waals surface area contributed by atoms with Crippen LogP contribution >= 0.6 is 11.3 Å². The standard InChI is InChI=1S/C21H18F3NO2S/c1-12-19-15(23)3-2-4-18(19)28-20(12)21(26)25-9-7-14(8-10-25)27-17-6-5-13(22)11-16(17)24/h2-6,11,14H,7-10H2,1H3. The summed E-state index contributed by atoms with van der Waals surface area (Å²) in [6.07, 6.45) is 0.840. The number of ether oxygens (including phenoxy) is 1. The molecule has 0 atom stereocenters. The Hall–Kier alpha value is -2.54. The van der Waals surface area contributed by atoms with E-state index >= 15 is 0 Å². The lowest BCUT2D eigenvalue weighted by atomic mass is 10.1. The van der Waals surface area contributed by atoms with Crippen molar-refractivity contribution in [1.29, 1.82) is 0 Å². The second-order valence-corrected chi connectivity index (χ2v) is 7.91. The molecule has 2 heterocycles. The molecule has 7 heteroatoms. The molecule has 1 aromatic heterocycles. The van der Waals surface area contributed by atoms with Gasteiger partial charge in [-0.25, -0.2) is 13.2 Å². The molecule has 28 heavy (non-hydrogen) atoms. The number of benzene rings is 2. The highest BCUT2D eigenvalue weighted by molar-refractivity contribution is 7.21. The molecule has 1 saturated heterocycles. The minimum Gasteiger partial charge on any atom is -0.487 e. The minimum atomic E-state index is -0.735. The van der Waals surface area contributed by atoms with Crippen molar-refractivity contribution in [3.05, 3.63) is 64.3 Å². The van der Waals surface area contributed by atoms with Gasteiger partial charge in [-0.1, -0.05) is 6.07 Å². The lowest BCUT2D eigenvalue weighted by Crippen LogP contribution is -2.41.